The zero-order chi connectivity index (χ0) is 14.8. The highest BCUT2D eigenvalue weighted by Crippen LogP contribution is 2.33. The number of rotatable bonds is 4. The molecule has 2 rings (SSSR count). The number of hydrogen-bond donors (Lipinski definition) is 1. The Morgan fingerprint density at radius 2 is 1.80 bits per heavy atom. The first-order chi connectivity index (χ1) is 9.42. The maximum absolute atomic E-state index is 3.66. The van der Waals surface area contributed by atoms with Gasteiger partial charge in [-0.25, -0.2) is 0 Å². The Kier molecular flexibility index (Phi) is 4.59. The molecule has 1 aliphatic rings. The van der Waals surface area contributed by atoms with Crippen molar-refractivity contribution >= 4 is 11.4 Å². The standard InChI is InChI=1S/C17H29N3/c1-6-14(13-18-17(2,3)4)20-12-11-19(5)15-9-7-8-10-16(15)20/h7-10,14,18H,6,11-13H2,1-5H3. The average Bonchev–Trinajstić information content (AvgIpc) is 2.41. The molecule has 0 bridgehead atoms. The van der Waals surface area contributed by atoms with Crippen molar-refractivity contribution in [3.63, 3.8) is 0 Å². The molecule has 0 aromatic heterocycles. The molecule has 0 aliphatic carbocycles. The molecule has 1 aliphatic heterocycles. The molecule has 0 amide bonds. The summed E-state index contributed by atoms with van der Waals surface area (Å²) < 4.78 is 0. The first kappa shape index (κ1) is 15.2. The Morgan fingerprint density at radius 3 is 2.40 bits per heavy atom. The fourth-order valence-electron chi connectivity index (χ4n) is 2.81. The van der Waals surface area contributed by atoms with Crippen LogP contribution in [0.1, 0.15) is 34.1 Å². The minimum absolute atomic E-state index is 0.180. The molecule has 0 saturated carbocycles. The first-order valence-corrected chi connectivity index (χ1v) is 7.74. The second-order valence-electron chi connectivity index (χ2n) is 6.80. The van der Waals surface area contributed by atoms with E-state index in [-0.39, 0.29) is 5.54 Å². The minimum Gasteiger partial charge on any atom is -0.371 e. The summed E-state index contributed by atoms with van der Waals surface area (Å²) in [6, 6.07) is 9.32. The van der Waals surface area contributed by atoms with E-state index in [1.807, 2.05) is 0 Å². The van der Waals surface area contributed by atoms with E-state index < -0.39 is 0 Å². The number of fused-ring (bicyclic) bond motifs is 1. The predicted octanol–water partition coefficient (Wildman–Crippen LogP) is 3.11. The predicted molar refractivity (Wildman–Crippen MR) is 88.9 cm³/mol. The summed E-state index contributed by atoms with van der Waals surface area (Å²) >= 11 is 0. The van der Waals surface area contributed by atoms with Crippen molar-refractivity contribution in [3.05, 3.63) is 24.3 Å². The smallest absolute Gasteiger partial charge is 0.0607 e. The van der Waals surface area contributed by atoms with Crippen molar-refractivity contribution in [1.82, 2.24) is 5.32 Å². The Balaban J connectivity index is 2.17. The van der Waals surface area contributed by atoms with Crippen LogP contribution in [0.3, 0.4) is 0 Å². The quantitative estimate of drug-likeness (QED) is 0.911. The Hall–Kier alpha value is -1.22. The number of benzene rings is 1. The van der Waals surface area contributed by atoms with E-state index in [0.29, 0.717) is 6.04 Å². The number of nitrogens with one attached hydrogen (secondary N) is 1. The van der Waals surface area contributed by atoms with Gasteiger partial charge in [-0.2, -0.15) is 0 Å². The van der Waals surface area contributed by atoms with E-state index in [9.17, 15) is 0 Å². The second kappa shape index (κ2) is 6.04. The molecule has 1 unspecified atom stereocenters. The fraction of sp³-hybridized carbons (Fsp3) is 0.647. The van der Waals surface area contributed by atoms with E-state index in [2.05, 4.69) is 74.1 Å². The second-order valence-corrected chi connectivity index (χ2v) is 6.80. The summed E-state index contributed by atoms with van der Waals surface area (Å²) in [5.41, 5.74) is 2.91. The van der Waals surface area contributed by atoms with E-state index in [1.165, 1.54) is 17.8 Å². The van der Waals surface area contributed by atoms with Crippen molar-refractivity contribution in [2.45, 2.75) is 45.7 Å². The molecule has 1 N–H and O–H groups in total. The van der Waals surface area contributed by atoms with Crippen LogP contribution in [0.25, 0.3) is 0 Å². The van der Waals surface area contributed by atoms with Crippen LogP contribution in [0, 0.1) is 0 Å². The van der Waals surface area contributed by atoms with Crippen LogP contribution in [0.15, 0.2) is 24.3 Å². The summed E-state index contributed by atoms with van der Waals surface area (Å²) in [6.45, 7) is 12.2. The summed E-state index contributed by atoms with van der Waals surface area (Å²) in [7, 11) is 2.19. The number of hydrogen-bond acceptors (Lipinski definition) is 3. The van der Waals surface area contributed by atoms with Gasteiger partial charge in [-0.05, 0) is 39.3 Å². The lowest BCUT2D eigenvalue weighted by atomic mass is 10.0. The highest BCUT2D eigenvalue weighted by atomic mass is 15.3. The van der Waals surface area contributed by atoms with Gasteiger partial charge in [0.2, 0.25) is 0 Å². The zero-order valence-electron chi connectivity index (χ0n) is 13.6. The van der Waals surface area contributed by atoms with Gasteiger partial charge in [0.1, 0.15) is 0 Å². The lowest BCUT2D eigenvalue weighted by molar-refractivity contribution is 0.392. The van der Waals surface area contributed by atoms with Crippen LogP contribution >= 0.6 is 0 Å². The Morgan fingerprint density at radius 1 is 1.15 bits per heavy atom. The summed E-state index contributed by atoms with van der Waals surface area (Å²) in [5.74, 6) is 0. The van der Waals surface area contributed by atoms with Gasteiger partial charge in [-0.15, -0.1) is 0 Å². The summed E-state index contributed by atoms with van der Waals surface area (Å²) in [4.78, 5) is 4.93. The highest BCUT2D eigenvalue weighted by molar-refractivity contribution is 5.73. The fourth-order valence-corrected chi connectivity index (χ4v) is 2.81. The summed E-state index contributed by atoms with van der Waals surface area (Å²) in [5, 5.41) is 3.66. The average molecular weight is 275 g/mol. The number of anilines is 2. The van der Waals surface area contributed by atoms with Gasteiger partial charge >= 0.3 is 0 Å². The summed E-state index contributed by atoms with van der Waals surface area (Å²) in [6.07, 6.45) is 1.17. The zero-order valence-corrected chi connectivity index (χ0v) is 13.6. The molecule has 1 atom stereocenters. The maximum Gasteiger partial charge on any atom is 0.0607 e. The molecule has 3 nitrogen and oxygen atoms in total. The largest absolute Gasteiger partial charge is 0.371 e. The topological polar surface area (TPSA) is 18.5 Å². The maximum atomic E-state index is 3.66. The molecular formula is C17H29N3. The van der Waals surface area contributed by atoms with Gasteiger partial charge in [0, 0.05) is 38.3 Å². The van der Waals surface area contributed by atoms with Crippen LogP contribution < -0.4 is 15.1 Å². The molecule has 0 saturated heterocycles. The number of para-hydroxylation sites is 2. The molecule has 1 heterocycles. The van der Waals surface area contributed by atoms with Crippen LogP contribution in [0.5, 0.6) is 0 Å². The normalized spacial score (nSPS) is 17.1. The lowest BCUT2D eigenvalue weighted by Crippen LogP contribution is -2.51. The van der Waals surface area contributed by atoms with Crippen molar-refractivity contribution < 1.29 is 0 Å². The molecule has 112 valence electrons. The molecule has 1 aromatic carbocycles. The van der Waals surface area contributed by atoms with Crippen molar-refractivity contribution in [2.75, 3.05) is 36.5 Å². The SMILES string of the molecule is CCC(CNC(C)(C)C)N1CCN(C)c2ccccc21. The van der Waals surface area contributed by atoms with Crippen molar-refractivity contribution in [2.24, 2.45) is 0 Å². The van der Waals surface area contributed by atoms with E-state index in [4.69, 9.17) is 0 Å². The molecule has 3 heteroatoms. The van der Waals surface area contributed by atoms with Gasteiger partial charge in [-0.1, -0.05) is 19.1 Å². The monoisotopic (exact) mass is 275 g/mol. The van der Waals surface area contributed by atoms with Crippen molar-refractivity contribution in [1.29, 1.82) is 0 Å². The van der Waals surface area contributed by atoms with Crippen LogP contribution in [0.2, 0.25) is 0 Å². The third-order valence-electron chi connectivity index (χ3n) is 4.06. The highest BCUT2D eigenvalue weighted by Gasteiger charge is 2.25. The van der Waals surface area contributed by atoms with E-state index in [0.717, 1.165) is 19.6 Å². The van der Waals surface area contributed by atoms with E-state index in [1.54, 1.807) is 0 Å². The molecule has 0 fully saturated rings. The Bertz CT molecular complexity index is 436. The van der Waals surface area contributed by atoms with Gasteiger partial charge in [0.25, 0.3) is 0 Å². The number of nitrogens with zero attached hydrogens (tertiary/aromatic N) is 2. The van der Waals surface area contributed by atoms with E-state index >= 15 is 0 Å². The van der Waals surface area contributed by atoms with Crippen LogP contribution in [0.4, 0.5) is 11.4 Å². The minimum atomic E-state index is 0.180. The molecule has 0 radical (unpaired) electrons. The number of likely N-dealkylation sites (N-methyl/N-ethyl adjacent to an activating group) is 1. The lowest BCUT2D eigenvalue weighted by Gasteiger charge is -2.42. The third kappa shape index (κ3) is 3.45. The third-order valence-corrected chi connectivity index (χ3v) is 4.06. The Labute approximate surface area is 124 Å². The van der Waals surface area contributed by atoms with Gasteiger partial charge in [-0.3, -0.25) is 0 Å². The molecular weight excluding hydrogens is 246 g/mol. The van der Waals surface area contributed by atoms with Gasteiger partial charge in [0.15, 0.2) is 0 Å². The molecule has 20 heavy (non-hydrogen) atoms. The van der Waals surface area contributed by atoms with Crippen LogP contribution in [-0.4, -0.2) is 38.3 Å². The van der Waals surface area contributed by atoms with Gasteiger partial charge in [0.05, 0.1) is 11.4 Å². The first-order valence-electron chi connectivity index (χ1n) is 7.74. The van der Waals surface area contributed by atoms with Gasteiger partial charge < -0.3 is 15.1 Å². The van der Waals surface area contributed by atoms with Crippen molar-refractivity contribution in [3.8, 4) is 0 Å². The molecule has 1 aromatic rings. The molecule has 0 spiro atoms. The van der Waals surface area contributed by atoms with Crippen LogP contribution in [-0.2, 0) is 0 Å².